The van der Waals surface area contributed by atoms with Crippen LogP contribution in [0.1, 0.15) is 0 Å². The number of H-pyrrole nitrogens is 1. The van der Waals surface area contributed by atoms with Gasteiger partial charge in [-0.3, -0.25) is 4.79 Å². The van der Waals surface area contributed by atoms with Gasteiger partial charge in [0.2, 0.25) is 15.6 Å². The van der Waals surface area contributed by atoms with E-state index < -0.39 is 34.7 Å². The van der Waals surface area contributed by atoms with Gasteiger partial charge in [0.15, 0.2) is 0 Å². The maximum atomic E-state index is 12.6. The molecule has 0 aromatic carbocycles. The number of nitrogens with one attached hydrogen (secondary N) is 2. The van der Waals surface area contributed by atoms with Gasteiger partial charge >= 0.3 is 0 Å². The molecule has 0 unspecified atom stereocenters. The molecule has 96 valence electrons. The molecular weight excluding hydrogens is 258 g/mol. The quantitative estimate of drug-likeness (QED) is 0.656. The molecule has 0 atom stereocenters. The maximum Gasteiger partial charge on any atom is 0.283 e. The van der Waals surface area contributed by atoms with Gasteiger partial charge in [0, 0.05) is 12.3 Å². The van der Waals surface area contributed by atoms with Crippen molar-refractivity contribution in [1.82, 2.24) is 9.71 Å². The molecule has 1 heterocycles. The first kappa shape index (κ1) is 13.7. The van der Waals surface area contributed by atoms with E-state index in [4.69, 9.17) is 5.11 Å². The Balaban J connectivity index is 2.83. The maximum absolute atomic E-state index is 12.6. The first-order valence-corrected chi connectivity index (χ1v) is 5.92. The van der Waals surface area contributed by atoms with Crippen molar-refractivity contribution in [3.05, 3.63) is 28.7 Å². The largest absolute Gasteiger partial charge is 0.390 e. The van der Waals surface area contributed by atoms with E-state index in [1.54, 1.807) is 4.72 Å². The van der Waals surface area contributed by atoms with E-state index in [9.17, 15) is 22.0 Å². The Labute approximate surface area is 95.3 Å². The lowest BCUT2D eigenvalue weighted by molar-refractivity contribution is -0.0437. The lowest BCUT2D eigenvalue weighted by Gasteiger charge is -2.13. The second kappa shape index (κ2) is 4.90. The fraction of sp³-hybridized carbons (Fsp3) is 0.375. The molecule has 0 saturated heterocycles. The van der Waals surface area contributed by atoms with Gasteiger partial charge in [0.25, 0.3) is 5.92 Å². The number of halogens is 2. The number of hydrogen-bond donors (Lipinski definition) is 3. The van der Waals surface area contributed by atoms with E-state index >= 15 is 0 Å². The SMILES string of the molecule is O=c1ccc(S(=O)(=O)NCC(F)(F)CO)c[nH]1. The van der Waals surface area contributed by atoms with Gasteiger partial charge < -0.3 is 10.1 Å². The Kier molecular flexibility index (Phi) is 3.96. The average Bonchev–Trinajstić information content (AvgIpc) is 2.27. The summed E-state index contributed by atoms with van der Waals surface area (Å²) in [5, 5.41) is 8.27. The number of hydrogen-bond acceptors (Lipinski definition) is 4. The fourth-order valence-electron chi connectivity index (χ4n) is 0.903. The van der Waals surface area contributed by atoms with Gasteiger partial charge in [-0.05, 0) is 6.07 Å². The predicted octanol–water partition coefficient (Wildman–Crippen LogP) is -0.719. The summed E-state index contributed by atoms with van der Waals surface area (Å²) < 4.78 is 49.8. The van der Waals surface area contributed by atoms with Crippen LogP contribution in [-0.2, 0) is 10.0 Å². The minimum absolute atomic E-state index is 0.342. The summed E-state index contributed by atoms with van der Waals surface area (Å²) in [6.45, 7) is -2.67. The van der Waals surface area contributed by atoms with E-state index in [0.29, 0.717) is 0 Å². The minimum Gasteiger partial charge on any atom is -0.390 e. The molecule has 6 nitrogen and oxygen atoms in total. The first-order valence-electron chi connectivity index (χ1n) is 4.44. The third-order valence-electron chi connectivity index (χ3n) is 1.82. The molecule has 0 saturated carbocycles. The second-order valence-corrected chi connectivity index (χ2v) is 4.99. The Morgan fingerprint density at radius 1 is 1.41 bits per heavy atom. The highest BCUT2D eigenvalue weighted by Gasteiger charge is 2.30. The number of aromatic nitrogens is 1. The molecule has 1 aromatic heterocycles. The lowest BCUT2D eigenvalue weighted by atomic mass is 10.4. The van der Waals surface area contributed by atoms with Crippen molar-refractivity contribution in [2.45, 2.75) is 10.8 Å². The first-order chi connectivity index (χ1) is 7.77. The van der Waals surface area contributed by atoms with Crippen LogP contribution < -0.4 is 10.3 Å². The third-order valence-corrected chi connectivity index (χ3v) is 3.22. The summed E-state index contributed by atoms with van der Waals surface area (Å²) >= 11 is 0. The molecule has 0 fully saturated rings. The van der Waals surface area contributed by atoms with Crippen molar-refractivity contribution >= 4 is 10.0 Å². The van der Waals surface area contributed by atoms with Crippen LogP contribution in [0.5, 0.6) is 0 Å². The third kappa shape index (κ3) is 3.88. The van der Waals surface area contributed by atoms with Crippen LogP contribution in [0.15, 0.2) is 28.0 Å². The van der Waals surface area contributed by atoms with Crippen molar-refractivity contribution in [1.29, 1.82) is 0 Å². The highest BCUT2D eigenvalue weighted by atomic mass is 32.2. The molecule has 1 aromatic rings. The van der Waals surface area contributed by atoms with Crippen LogP contribution in [-0.4, -0.2) is 37.6 Å². The molecule has 0 aliphatic heterocycles. The normalized spacial score (nSPS) is 12.6. The molecule has 9 heteroatoms. The number of aromatic amines is 1. The number of sulfonamides is 1. The summed E-state index contributed by atoms with van der Waals surface area (Å²) in [6, 6.07) is 1.94. The topological polar surface area (TPSA) is 99.3 Å². The number of aliphatic hydroxyl groups excluding tert-OH is 1. The van der Waals surface area contributed by atoms with Gasteiger partial charge in [0.1, 0.15) is 6.61 Å². The number of pyridine rings is 1. The number of alkyl halides is 2. The molecule has 1 rings (SSSR count). The van der Waals surface area contributed by atoms with E-state index in [1.165, 1.54) is 0 Å². The summed E-state index contributed by atoms with van der Waals surface area (Å²) in [4.78, 5) is 12.5. The van der Waals surface area contributed by atoms with Crippen molar-refractivity contribution in [2.75, 3.05) is 13.2 Å². The van der Waals surface area contributed by atoms with Gasteiger partial charge in [-0.15, -0.1) is 0 Å². The Bertz CT molecular complexity index is 520. The van der Waals surface area contributed by atoms with Gasteiger partial charge in [-0.2, -0.15) is 0 Å². The van der Waals surface area contributed by atoms with Crippen molar-refractivity contribution < 1.29 is 22.3 Å². The molecule has 17 heavy (non-hydrogen) atoms. The molecule has 0 radical (unpaired) electrons. The van der Waals surface area contributed by atoms with E-state index in [0.717, 1.165) is 18.3 Å². The summed E-state index contributed by atoms with van der Waals surface area (Å²) in [6.07, 6.45) is 0.891. The zero-order valence-corrected chi connectivity index (χ0v) is 9.30. The van der Waals surface area contributed by atoms with E-state index in [2.05, 4.69) is 4.98 Å². The number of aliphatic hydroxyl groups is 1. The summed E-state index contributed by atoms with van der Waals surface area (Å²) in [5.41, 5.74) is -0.510. The Morgan fingerprint density at radius 2 is 2.06 bits per heavy atom. The highest BCUT2D eigenvalue weighted by molar-refractivity contribution is 7.89. The van der Waals surface area contributed by atoms with Crippen molar-refractivity contribution in [3.8, 4) is 0 Å². The zero-order chi connectivity index (χ0) is 13.1. The average molecular weight is 268 g/mol. The van der Waals surface area contributed by atoms with Gasteiger partial charge in [-0.1, -0.05) is 0 Å². The summed E-state index contributed by atoms with van der Waals surface area (Å²) in [7, 11) is -4.13. The van der Waals surface area contributed by atoms with Crippen molar-refractivity contribution in [2.24, 2.45) is 0 Å². The predicted molar refractivity (Wildman–Crippen MR) is 54.3 cm³/mol. The number of rotatable bonds is 5. The van der Waals surface area contributed by atoms with Crippen LogP contribution in [0.3, 0.4) is 0 Å². The van der Waals surface area contributed by atoms with Crippen LogP contribution in [0.4, 0.5) is 8.78 Å². The van der Waals surface area contributed by atoms with Gasteiger partial charge in [0.05, 0.1) is 11.4 Å². The van der Waals surface area contributed by atoms with E-state index in [1.807, 2.05) is 0 Å². The lowest BCUT2D eigenvalue weighted by Crippen LogP contribution is -2.39. The fourth-order valence-corrected chi connectivity index (χ4v) is 1.93. The molecular formula is C8H10F2N2O4S. The van der Waals surface area contributed by atoms with Crippen LogP contribution in [0.2, 0.25) is 0 Å². The molecule has 0 bridgehead atoms. The minimum atomic E-state index is -4.13. The monoisotopic (exact) mass is 268 g/mol. The Hall–Kier alpha value is -1.32. The Morgan fingerprint density at radius 3 is 2.53 bits per heavy atom. The standard InChI is InChI=1S/C8H10F2N2O4S/c9-8(10,5-13)4-12-17(15,16)6-1-2-7(14)11-3-6/h1-3,12-13H,4-5H2,(H,11,14). The molecule has 0 aliphatic rings. The van der Waals surface area contributed by atoms with Crippen LogP contribution >= 0.6 is 0 Å². The smallest absolute Gasteiger partial charge is 0.283 e. The summed E-state index contributed by atoms with van der Waals surface area (Å²) in [5.74, 6) is -3.53. The van der Waals surface area contributed by atoms with E-state index in [-0.39, 0.29) is 4.90 Å². The highest BCUT2D eigenvalue weighted by Crippen LogP contribution is 2.12. The van der Waals surface area contributed by atoms with Gasteiger partial charge in [-0.25, -0.2) is 21.9 Å². The molecule has 0 spiro atoms. The molecule has 0 aliphatic carbocycles. The zero-order valence-electron chi connectivity index (χ0n) is 8.48. The molecule has 3 N–H and O–H groups in total. The molecule has 0 amide bonds. The van der Waals surface area contributed by atoms with Crippen LogP contribution in [0, 0.1) is 0 Å². The van der Waals surface area contributed by atoms with Crippen molar-refractivity contribution in [3.63, 3.8) is 0 Å². The second-order valence-electron chi connectivity index (χ2n) is 3.23. The van der Waals surface area contributed by atoms with Crippen LogP contribution in [0.25, 0.3) is 0 Å².